The number of rotatable bonds is 7. The highest BCUT2D eigenvalue weighted by Gasteiger charge is 2.13. The fourth-order valence-corrected chi connectivity index (χ4v) is 4.74. The molecule has 0 aliphatic heterocycles. The smallest absolute Gasteiger partial charge is 0.325 e. The van der Waals surface area contributed by atoms with Crippen molar-refractivity contribution in [1.82, 2.24) is 4.57 Å². The van der Waals surface area contributed by atoms with E-state index in [0.717, 1.165) is 20.9 Å². The Labute approximate surface area is 183 Å². The lowest BCUT2D eigenvalue weighted by Gasteiger charge is -2.06. The van der Waals surface area contributed by atoms with Gasteiger partial charge in [0.2, 0.25) is 0 Å². The molecule has 158 valence electrons. The molecule has 2 aromatic carbocycles. The van der Waals surface area contributed by atoms with E-state index in [1.54, 1.807) is 28.5 Å². The van der Waals surface area contributed by atoms with E-state index in [4.69, 9.17) is 9.47 Å². The predicted molar refractivity (Wildman–Crippen MR) is 120 cm³/mol. The highest BCUT2D eigenvalue weighted by atomic mass is 32.2. The zero-order chi connectivity index (χ0) is 21.7. The van der Waals surface area contributed by atoms with Crippen LogP contribution in [-0.4, -0.2) is 35.4 Å². The highest BCUT2D eigenvalue weighted by Crippen LogP contribution is 2.25. The van der Waals surface area contributed by atoms with Crippen LogP contribution in [0.2, 0.25) is 0 Å². The molecule has 0 spiro atoms. The molecular formula is C22H24N2O4S2. The summed E-state index contributed by atoms with van der Waals surface area (Å²) in [5.74, 6) is -0.0357. The third-order valence-electron chi connectivity index (χ3n) is 4.15. The molecule has 0 bridgehead atoms. The topological polar surface area (TPSA) is 69.9 Å². The molecule has 0 fully saturated rings. The Morgan fingerprint density at radius 1 is 1.17 bits per heavy atom. The number of thiazole rings is 1. The van der Waals surface area contributed by atoms with Crippen LogP contribution in [-0.2, 0) is 16.1 Å². The van der Waals surface area contributed by atoms with E-state index in [1.807, 2.05) is 37.3 Å². The van der Waals surface area contributed by atoms with Crippen molar-refractivity contribution in [2.75, 3.05) is 13.7 Å². The fourth-order valence-electron chi connectivity index (χ4n) is 2.84. The Hall–Kier alpha value is -2.58. The number of benzene rings is 2. The van der Waals surface area contributed by atoms with Gasteiger partial charge in [-0.1, -0.05) is 25.2 Å². The average Bonchev–Trinajstić information content (AvgIpc) is 3.04. The van der Waals surface area contributed by atoms with Gasteiger partial charge in [-0.25, -0.2) is 0 Å². The van der Waals surface area contributed by atoms with Gasteiger partial charge in [-0.2, -0.15) is 4.99 Å². The van der Waals surface area contributed by atoms with E-state index in [1.165, 1.54) is 18.4 Å². The van der Waals surface area contributed by atoms with Crippen LogP contribution in [0, 0.1) is 0 Å². The van der Waals surface area contributed by atoms with Gasteiger partial charge in [0.1, 0.15) is 12.3 Å². The molecule has 30 heavy (non-hydrogen) atoms. The van der Waals surface area contributed by atoms with Gasteiger partial charge in [-0.05, 0) is 49.4 Å². The van der Waals surface area contributed by atoms with Crippen LogP contribution in [0.3, 0.4) is 0 Å². The van der Waals surface area contributed by atoms with Crippen LogP contribution in [0.1, 0.15) is 31.1 Å². The summed E-state index contributed by atoms with van der Waals surface area (Å²) in [5, 5.41) is 0.466. The summed E-state index contributed by atoms with van der Waals surface area (Å²) in [6, 6.07) is 13.0. The molecule has 0 aliphatic carbocycles. The Kier molecular flexibility index (Phi) is 7.33. The normalized spacial score (nSPS) is 11.8. The standard InChI is InChI=1S/C22H24N2O4S2/c1-5-28-16-8-11-18-19(12-16)30-22(24(18)13-20(25)27-4)23-21(26)15-6-9-17(10-7-15)29-14(2)3/h6-12,14H,5,13H2,1-4H3. The van der Waals surface area contributed by atoms with Crippen LogP contribution in [0.15, 0.2) is 52.4 Å². The van der Waals surface area contributed by atoms with Crippen molar-refractivity contribution in [3.8, 4) is 5.75 Å². The number of ether oxygens (including phenoxy) is 2. The van der Waals surface area contributed by atoms with E-state index in [0.29, 0.717) is 22.2 Å². The zero-order valence-electron chi connectivity index (χ0n) is 17.4. The van der Waals surface area contributed by atoms with Gasteiger partial charge >= 0.3 is 5.97 Å². The zero-order valence-corrected chi connectivity index (χ0v) is 19.0. The van der Waals surface area contributed by atoms with Crippen molar-refractivity contribution in [3.63, 3.8) is 0 Å². The molecule has 1 amide bonds. The van der Waals surface area contributed by atoms with Crippen LogP contribution in [0.4, 0.5) is 0 Å². The minimum Gasteiger partial charge on any atom is -0.494 e. The molecule has 0 unspecified atom stereocenters. The van der Waals surface area contributed by atoms with E-state index in [-0.39, 0.29) is 12.5 Å². The summed E-state index contributed by atoms with van der Waals surface area (Å²) in [7, 11) is 1.34. The number of carbonyl (C=O) groups is 2. The number of nitrogens with zero attached hydrogens (tertiary/aromatic N) is 2. The average molecular weight is 445 g/mol. The van der Waals surface area contributed by atoms with Crippen molar-refractivity contribution >= 4 is 45.2 Å². The lowest BCUT2D eigenvalue weighted by Crippen LogP contribution is -2.22. The SMILES string of the molecule is CCOc1ccc2c(c1)sc(=NC(=O)c1ccc(SC(C)C)cc1)n2CC(=O)OC. The maximum Gasteiger partial charge on any atom is 0.325 e. The van der Waals surface area contributed by atoms with E-state index in [2.05, 4.69) is 18.8 Å². The Balaban J connectivity index is 2.01. The number of esters is 1. The Bertz CT molecular complexity index is 1110. The molecule has 0 aliphatic rings. The minimum atomic E-state index is -0.410. The first kappa shape index (κ1) is 22.1. The van der Waals surface area contributed by atoms with Gasteiger partial charge in [0.05, 0.1) is 23.9 Å². The highest BCUT2D eigenvalue weighted by molar-refractivity contribution is 7.99. The summed E-state index contributed by atoms with van der Waals surface area (Å²) in [5.41, 5.74) is 1.30. The number of fused-ring (bicyclic) bond motifs is 1. The number of carbonyl (C=O) groups excluding carboxylic acids is 2. The minimum absolute atomic E-state index is 0.0272. The molecule has 0 radical (unpaired) electrons. The number of aromatic nitrogens is 1. The second-order valence-corrected chi connectivity index (χ2v) is 9.38. The van der Waals surface area contributed by atoms with Crippen LogP contribution < -0.4 is 9.54 Å². The third-order valence-corrected chi connectivity index (χ3v) is 6.21. The number of hydrogen-bond donors (Lipinski definition) is 0. The van der Waals surface area contributed by atoms with Gasteiger partial charge < -0.3 is 14.0 Å². The molecule has 0 atom stereocenters. The molecule has 1 heterocycles. The summed E-state index contributed by atoms with van der Waals surface area (Å²) in [6.07, 6.45) is 0. The molecule has 3 aromatic rings. The van der Waals surface area contributed by atoms with Crippen molar-refractivity contribution < 1.29 is 19.1 Å². The van der Waals surface area contributed by atoms with Crippen molar-refractivity contribution in [2.45, 2.75) is 37.5 Å². The largest absolute Gasteiger partial charge is 0.494 e. The first-order chi connectivity index (χ1) is 14.4. The summed E-state index contributed by atoms with van der Waals surface area (Å²) < 4.78 is 12.9. The molecule has 0 N–H and O–H groups in total. The molecular weight excluding hydrogens is 420 g/mol. The summed E-state index contributed by atoms with van der Waals surface area (Å²) in [6.45, 7) is 6.69. The van der Waals surface area contributed by atoms with E-state index < -0.39 is 5.97 Å². The lowest BCUT2D eigenvalue weighted by atomic mass is 10.2. The van der Waals surface area contributed by atoms with Crippen LogP contribution in [0.5, 0.6) is 5.75 Å². The number of hydrogen-bond acceptors (Lipinski definition) is 6. The lowest BCUT2D eigenvalue weighted by molar-refractivity contribution is -0.141. The number of thioether (sulfide) groups is 1. The molecule has 0 saturated carbocycles. The predicted octanol–water partition coefficient (Wildman–Crippen LogP) is 4.52. The van der Waals surface area contributed by atoms with Gasteiger partial charge in [0, 0.05) is 15.7 Å². The molecule has 6 nitrogen and oxygen atoms in total. The van der Waals surface area contributed by atoms with Crippen molar-refractivity contribution in [3.05, 3.63) is 52.8 Å². The number of methoxy groups -OCH3 is 1. The van der Waals surface area contributed by atoms with Gasteiger partial charge in [0.15, 0.2) is 4.80 Å². The third kappa shape index (κ3) is 5.31. The van der Waals surface area contributed by atoms with E-state index in [9.17, 15) is 9.59 Å². The van der Waals surface area contributed by atoms with Crippen LogP contribution >= 0.6 is 23.1 Å². The van der Waals surface area contributed by atoms with Crippen LogP contribution in [0.25, 0.3) is 10.2 Å². The van der Waals surface area contributed by atoms with E-state index >= 15 is 0 Å². The first-order valence-corrected chi connectivity index (χ1v) is 11.3. The molecule has 8 heteroatoms. The quantitative estimate of drug-likeness (QED) is 0.396. The summed E-state index contributed by atoms with van der Waals surface area (Å²) >= 11 is 3.07. The van der Waals surface area contributed by atoms with Gasteiger partial charge in [0.25, 0.3) is 5.91 Å². The molecule has 0 saturated heterocycles. The molecule has 1 aromatic heterocycles. The fraction of sp³-hybridized carbons (Fsp3) is 0.318. The van der Waals surface area contributed by atoms with Gasteiger partial charge in [-0.3, -0.25) is 9.59 Å². The van der Waals surface area contributed by atoms with Crippen molar-refractivity contribution in [1.29, 1.82) is 0 Å². The number of amides is 1. The first-order valence-electron chi connectivity index (χ1n) is 9.60. The second kappa shape index (κ2) is 9.95. The second-order valence-electron chi connectivity index (χ2n) is 6.72. The maximum absolute atomic E-state index is 12.8. The van der Waals surface area contributed by atoms with Crippen molar-refractivity contribution in [2.24, 2.45) is 4.99 Å². The summed E-state index contributed by atoms with van der Waals surface area (Å²) in [4.78, 5) is 30.6. The maximum atomic E-state index is 12.8. The molecule has 3 rings (SSSR count). The Morgan fingerprint density at radius 3 is 2.53 bits per heavy atom. The van der Waals surface area contributed by atoms with Gasteiger partial charge in [-0.15, -0.1) is 11.8 Å². The Morgan fingerprint density at radius 2 is 1.90 bits per heavy atom. The monoisotopic (exact) mass is 444 g/mol.